The van der Waals surface area contributed by atoms with E-state index in [0.717, 1.165) is 16.5 Å². The number of fused-ring (bicyclic) bond motifs is 6. The summed E-state index contributed by atoms with van der Waals surface area (Å²) in [4.78, 5) is 0. The first-order valence-electron chi connectivity index (χ1n) is 17.6. The number of hydrogen-bond donors (Lipinski definition) is 0. The van der Waals surface area contributed by atoms with Gasteiger partial charge in [-0.25, -0.2) is 0 Å². The summed E-state index contributed by atoms with van der Waals surface area (Å²) < 4.78 is 84.2. The van der Waals surface area contributed by atoms with Crippen molar-refractivity contribution >= 4 is 54.5 Å². The summed E-state index contributed by atoms with van der Waals surface area (Å²) in [6, 6.07) is 25.0. The van der Waals surface area contributed by atoms with Gasteiger partial charge in [0.1, 0.15) is 16.7 Å². The molecule has 0 spiro atoms. The van der Waals surface area contributed by atoms with Gasteiger partial charge in [-0.1, -0.05) is 121 Å². The van der Waals surface area contributed by atoms with Gasteiger partial charge in [-0.2, -0.15) is 0 Å². The van der Waals surface area contributed by atoms with E-state index >= 15 is 0 Å². The molecule has 0 aliphatic rings. The van der Waals surface area contributed by atoms with Gasteiger partial charge in [0.2, 0.25) is 0 Å². The van der Waals surface area contributed by atoms with Gasteiger partial charge in [-0.15, -0.1) is 0 Å². The zero-order chi connectivity index (χ0) is 34.6. The van der Waals surface area contributed by atoms with Crippen LogP contribution in [-0.4, -0.2) is 0 Å². The lowest BCUT2D eigenvalue weighted by Gasteiger charge is -2.18. The van der Waals surface area contributed by atoms with Gasteiger partial charge in [0, 0.05) is 21.7 Å². The van der Waals surface area contributed by atoms with Crippen LogP contribution in [0.15, 0.2) is 154 Å². The van der Waals surface area contributed by atoms with Gasteiger partial charge in [0.25, 0.3) is 0 Å². The van der Waals surface area contributed by atoms with Crippen LogP contribution in [0.2, 0.25) is 0 Å². The minimum absolute atomic E-state index is 0.152. The van der Waals surface area contributed by atoms with Crippen molar-refractivity contribution in [1.82, 2.24) is 0 Å². The smallest absolute Gasteiger partial charge is 0.136 e. The highest BCUT2D eigenvalue weighted by molar-refractivity contribution is 6.26. The van der Waals surface area contributed by atoms with Gasteiger partial charge in [-0.05, 0) is 67.6 Å². The van der Waals surface area contributed by atoms with Gasteiger partial charge >= 0.3 is 0 Å². The Labute approximate surface area is 253 Å². The molecular formula is C40H24O2. The Kier molecular flexibility index (Phi) is 3.54. The lowest BCUT2D eigenvalue weighted by molar-refractivity contribution is 0.617. The molecule has 0 radical (unpaired) electrons. The van der Waals surface area contributed by atoms with Crippen LogP contribution in [0.25, 0.3) is 87.8 Å². The zero-order valence-corrected chi connectivity index (χ0v) is 22.1. The lowest BCUT2D eigenvalue weighted by atomic mass is 9.85. The van der Waals surface area contributed by atoms with Crippen molar-refractivity contribution in [3.05, 3.63) is 146 Å². The molecule has 0 aliphatic heterocycles. The van der Waals surface area contributed by atoms with Gasteiger partial charge in [0.05, 0.1) is 17.2 Å². The molecule has 0 aliphatic carbocycles. The predicted octanol–water partition coefficient (Wildman–Crippen LogP) is 11.6. The van der Waals surface area contributed by atoms with Crippen LogP contribution < -0.4 is 0 Å². The van der Waals surface area contributed by atoms with Crippen molar-refractivity contribution < 1.29 is 19.8 Å². The second kappa shape index (κ2) is 8.95. The van der Waals surface area contributed by atoms with Crippen molar-refractivity contribution in [3.63, 3.8) is 0 Å². The zero-order valence-electron chi connectivity index (χ0n) is 30.1. The van der Waals surface area contributed by atoms with E-state index in [4.69, 9.17) is 14.3 Å². The minimum Gasteiger partial charge on any atom is -0.464 e. The topological polar surface area (TPSA) is 26.3 Å². The molecule has 0 atom stereocenters. The van der Waals surface area contributed by atoms with Gasteiger partial charge in [0.15, 0.2) is 0 Å². The summed E-state index contributed by atoms with van der Waals surface area (Å²) in [7, 11) is 0. The molecule has 0 bridgehead atoms. The average molecular weight is 545 g/mol. The van der Waals surface area contributed by atoms with E-state index < -0.39 is 24.2 Å². The summed E-state index contributed by atoms with van der Waals surface area (Å²) in [5.41, 5.74) is 5.22. The van der Waals surface area contributed by atoms with Gasteiger partial charge < -0.3 is 8.83 Å². The second-order valence-corrected chi connectivity index (χ2v) is 10.3. The maximum absolute atomic E-state index is 9.28. The fourth-order valence-electron chi connectivity index (χ4n) is 6.18. The highest BCUT2D eigenvalue weighted by atomic mass is 16.3. The van der Waals surface area contributed by atoms with E-state index in [-0.39, 0.29) is 51.3 Å². The Morgan fingerprint density at radius 1 is 0.452 bits per heavy atom. The summed E-state index contributed by atoms with van der Waals surface area (Å²) in [6.45, 7) is 0. The molecule has 0 amide bonds. The normalized spacial score (nSPS) is 14.5. The van der Waals surface area contributed by atoms with Crippen LogP contribution in [0.4, 0.5) is 0 Å². The molecule has 196 valence electrons. The molecule has 0 fully saturated rings. The predicted molar refractivity (Wildman–Crippen MR) is 175 cm³/mol. The summed E-state index contributed by atoms with van der Waals surface area (Å²) in [5, 5.41) is 2.81. The highest BCUT2D eigenvalue weighted by Crippen LogP contribution is 2.47. The Morgan fingerprint density at radius 3 is 1.71 bits per heavy atom. The molecule has 42 heavy (non-hydrogen) atoms. The molecule has 0 unspecified atom stereocenters. The third-order valence-electron chi connectivity index (χ3n) is 7.98. The van der Waals surface area contributed by atoms with E-state index in [1.54, 1.807) is 42.7 Å². The molecule has 9 rings (SSSR count). The number of hydrogen-bond acceptors (Lipinski definition) is 2. The standard InChI is InChI=1S/C40H24O2/c1-3-12-25(13-4-1)34-24-41-36-23-33-37(22-32(34)36)42-35-21-11-20-31(40(33)35)39-29-18-9-7-16-27(29)38(26-14-5-2-6-15-26)28-17-8-10-19-30(28)39/h1-24H/i7D,8D,9D,10D,16D,17D,18D,19D. The minimum atomic E-state index is -0.446. The van der Waals surface area contributed by atoms with E-state index in [1.807, 2.05) is 54.6 Å². The molecule has 0 N–H and O–H groups in total. The Bertz CT molecular complexity index is 2810. The Morgan fingerprint density at radius 2 is 1.05 bits per heavy atom. The Hall–Kier alpha value is -5.60. The highest BCUT2D eigenvalue weighted by Gasteiger charge is 2.21. The second-order valence-electron chi connectivity index (χ2n) is 10.3. The number of benzene rings is 7. The SMILES string of the molecule is [2H]c1c([2H])c([2H])c2c(-c3cccc4oc5cc6c(-c7ccccc7)coc6cc5c34)c3c([2H])c([2H])c([2H])c([2H])c3c(-c3ccccc3)c2c1[2H]. The summed E-state index contributed by atoms with van der Waals surface area (Å²) >= 11 is 0. The fraction of sp³-hybridized carbons (Fsp3) is 0. The van der Waals surface area contributed by atoms with Crippen molar-refractivity contribution in [1.29, 1.82) is 0 Å². The van der Waals surface area contributed by atoms with Crippen LogP contribution in [-0.2, 0) is 0 Å². The lowest BCUT2D eigenvalue weighted by Crippen LogP contribution is -1.91. The summed E-state index contributed by atoms with van der Waals surface area (Å²) in [5.74, 6) is 0. The van der Waals surface area contributed by atoms with Crippen LogP contribution in [0.1, 0.15) is 11.0 Å². The molecular weight excluding hydrogens is 512 g/mol. The van der Waals surface area contributed by atoms with Crippen LogP contribution >= 0.6 is 0 Å². The first-order chi connectivity index (χ1) is 24.2. The third-order valence-corrected chi connectivity index (χ3v) is 7.98. The molecule has 9 aromatic rings. The molecule has 0 saturated carbocycles. The molecule has 7 aromatic carbocycles. The van der Waals surface area contributed by atoms with Crippen molar-refractivity contribution in [2.75, 3.05) is 0 Å². The van der Waals surface area contributed by atoms with E-state index in [1.165, 1.54) is 0 Å². The number of rotatable bonds is 3. The van der Waals surface area contributed by atoms with Crippen LogP contribution in [0.3, 0.4) is 0 Å². The van der Waals surface area contributed by atoms with Gasteiger partial charge in [-0.3, -0.25) is 0 Å². The molecule has 0 saturated heterocycles. The maximum atomic E-state index is 9.28. The van der Waals surface area contributed by atoms with Crippen molar-refractivity contribution in [2.45, 2.75) is 0 Å². The van der Waals surface area contributed by atoms with Crippen molar-refractivity contribution in [2.24, 2.45) is 0 Å². The quantitative estimate of drug-likeness (QED) is 0.207. The average Bonchev–Trinajstić information content (AvgIpc) is 3.73. The molecule has 2 heteroatoms. The van der Waals surface area contributed by atoms with Crippen LogP contribution in [0, 0.1) is 0 Å². The van der Waals surface area contributed by atoms with E-state index in [2.05, 4.69) is 0 Å². The summed E-state index contributed by atoms with van der Waals surface area (Å²) in [6.07, 6.45) is 1.71. The maximum Gasteiger partial charge on any atom is 0.136 e. The monoisotopic (exact) mass is 544 g/mol. The first-order valence-corrected chi connectivity index (χ1v) is 13.6. The fourth-order valence-corrected chi connectivity index (χ4v) is 6.18. The molecule has 2 heterocycles. The van der Waals surface area contributed by atoms with Crippen molar-refractivity contribution in [3.8, 4) is 33.4 Å². The molecule has 2 nitrogen and oxygen atoms in total. The van der Waals surface area contributed by atoms with E-state index in [0.29, 0.717) is 44.2 Å². The van der Waals surface area contributed by atoms with Crippen LogP contribution in [0.5, 0.6) is 0 Å². The van der Waals surface area contributed by atoms with E-state index in [9.17, 15) is 5.48 Å². The first kappa shape index (κ1) is 16.6. The largest absolute Gasteiger partial charge is 0.464 e. The molecule has 2 aromatic heterocycles. The third kappa shape index (κ3) is 3.33. The number of furan rings is 2. The Balaban J connectivity index is 1.51.